The van der Waals surface area contributed by atoms with E-state index in [4.69, 9.17) is 9.47 Å². The number of benzene rings is 1. The molecule has 2 heterocycles. The fourth-order valence-electron chi connectivity index (χ4n) is 3.21. The minimum Gasteiger partial charge on any atom is -0.471 e. The zero-order valence-corrected chi connectivity index (χ0v) is 15.8. The second-order valence-corrected chi connectivity index (χ2v) is 6.48. The molecule has 9 heteroatoms. The third-order valence-electron chi connectivity index (χ3n) is 4.58. The van der Waals surface area contributed by atoms with Gasteiger partial charge in [-0.25, -0.2) is 18.6 Å². The van der Waals surface area contributed by atoms with Gasteiger partial charge in [0.1, 0.15) is 17.7 Å². The van der Waals surface area contributed by atoms with Gasteiger partial charge in [-0.2, -0.15) is 8.78 Å². The Balaban J connectivity index is 2.05. The number of ether oxygens (including phenoxy) is 3. The van der Waals surface area contributed by atoms with Crippen LogP contribution in [-0.2, 0) is 15.9 Å². The van der Waals surface area contributed by atoms with Crippen molar-refractivity contribution in [2.24, 2.45) is 0 Å². The van der Waals surface area contributed by atoms with Crippen molar-refractivity contribution in [2.75, 3.05) is 6.61 Å². The largest absolute Gasteiger partial charge is 0.471 e. The molecule has 0 fully saturated rings. The summed E-state index contributed by atoms with van der Waals surface area (Å²) in [6, 6.07) is 4.44. The number of rotatable bonds is 6. The monoisotopic (exact) mass is 413 g/mol. The Hall–Kier alpha value is -2.68. The number of fused-ring (bicyclic) bond motifs is 1. The SMILES string of the molecule is CCOC(=O)c1cc(-c2ccc(F)cc2F)c2c(n1)O[C@H]([C@@H](C)OC(F)F)CC2. The van der Waals surface area contributed by atoms with Gasteiger partial charge in [0.15, 0.2) is 5.69 Å². The Kier molecular flexibility index (Phi) is 6.36. The maximum atomic E-state index is 14.4. The summed E-state index contributed by atoms with van der Waals surface area (Å²) in [5, 5.41) is 0. The molecule has 2 aromatic rings. The maximum absolute atomic E-state index is 14.4. The molecule has 0 aliphatic carbocycles. The maximum Gasteiger partial charge on any atom is 0.357 e. The van der Waals surface area contributed by atoms with E-state index in [1.165, 1.54) is 19.1 Å². The second kappa shape index (κ2) is 8.77. The molecule has 0 spiro atoms. The van der Waals surface area contributed by atoms with E-state index < -0.39 is 36.4 Å². The predicted octanol–water partition coefficient (Wildman–Crippen LogP) is 4.52. The molecule has 0 saturated heterocycles. The van der Waals surface area contributed by atoms with Gasteiger partial charge in [0.05, 0.1) is 12.7 Å². The fourth-order valence-corrected chi connectivity index (χ4v) is 3.21. The number of aromatic nitrogens is 1. The van der Waals surface area contributed by atoms with E-state index in [-0.39, 0.29) is 23.7 Å². The van der Waals surface area contributed by atoms with Crippen LogP contribution in [0.2, 0.25) is 0 Å². The second-order valence-electron chi connectivity index (χ2n) is 6.48. The summed E-state index contributed by atoms with van der Waals surface area (Å²) in [6.45, 7) is 0.197. The molecule has 156 valence electrons. The van der Waals surface area contributed by atoms with E-state index in [2.05, 4.69) is 9.72 Å². The number of nitrogens with zero attached hydrogens (tertiary/aromatic N) is 1. The van der Waals surface area contributed by atoms with Crippen LogP contribution in [0.3, 0.4) is 0 Å². The minimum atomic E-state index is -2.96. The molecular weight excluding hydrogens is 394 g/mol. The lowest BCUT2D eigenvalue weighted by atomic mass is 9.93. The van der Waals surface area contributed by atoms with Crippen LogP contribution in [0.4, 0.5) is 17.6 Å². The number of pyridine rings is 1. The highest BCUT2D eigenvalue weighted by atomic mass is 19.3. The summed E-state index contributed by atoms with van der Waals surface area (Å²) in [6.07, 6.45) is -1.02. The van der Waals surface area contributed by atoms with Crippen molar-refractivity contribution in [3.8, 4) is 17.0 Å². The van der Waals surface area contributed by atoms with E-state index in [1.807, 2.05) is 0 Å². The average Bonchev–Trinajstić information content (AvgIpc) is 2.66. The van der Waals surface area contributed by atoms with E-state index >= 15 is 0 Å². The fraction of sp³-hybridized carbons (Fsp3) is 0.400. The van der Waals surface area contributed by atoms with Crippen molar-refractivity contribution in [1.29, 1.82) is 0 Å². The molecule has 5 nitrogen and oxygen atoms in total. The van der Waals surface area contributed by atoms with E-state index in [1.54, 1.807) is 6.92 Å². The number of alkyl halides is 2. The summed E-state index contributed by atoms with van der Waals surface area (Å²) in [7, 11) is 0. The summed E-state index contributed by atoms with van der Waals surface area (Å²) >= 11 is 0. The smallest absolute Gasteiger partial charge is 0.357 e. The third-order valence-corrected chi connectivity index (χ3v) is 4.58. The normalized spacial score (nSPS) is 16.9. The van der Waals surface area contributed by atoms with Crippen molar-refractivity contribution in [3.05, 3.63) is 47.2 Å². The summed E-state index contributed by atoms with van der Waals surface area (Å²) in [5.74, 6) is -2.30. The van der Waals surface area contributed by atoms with Crippen LogP contribution in [0, 0.1) is 11.6 Å². The topological polar surface area (TPSA) is 57.7 Å². The molecule has 0 radical (unpaired) electrons. The highest BCUT2D eigenvalue weighted by Gasteiger charge is 2.31. The van der Waals surface area contributed by atoms with Crippen molar-refractivity contribution in [2.45, 2.75) is 45.5 Å². The van der Waals surface area contributed by atoms with Crippen LogP contribution in [0.25, 0.3) is 11.1 Å². The van der Waals surface area contributed by atoms with Gasteiger partial charge < -0.3 is 14.2 Å². The van der Waals surface area contributed by atoms with Crippen LogP contribution in [-0.4, -0.2) is 36.4 Å². The van der Waals surface area contributed by atoms with Gasteiger partial charge in [0.25, 0.3) is 0 Å². The number of hydrogen-bond acceptors (Lipinski definition) is 5. The first kappa shape index (κ1) is 21.0. The van der Waals surface area contributed by atoms with E-state index in [0.29, 0.717) is 24.0 Å². The Bertz CT molecular complexity index is 906. The Morgan fingerprint density at radius 1 is 1.28 bits per heavy atom. The Morgan fingerprint density at radius 2 is 2.03 bits per heavy atom. The van der Waals surface area contributed by atoms with Gasteiger partial charge in [-0.15, -0.1) is 0 Å². The summed E-state index contributed by atoms with van der Waals surface area (Å²) in [4.78, 5) is 16.3. The first-order valence-electron chi connectivity index (χ1n) is 9.06. The quantitative estimate of drug-likeness (QED) is 0.515. The zero-order valence-electron chi connectivity index (χ0n) is 15.8. The lowest BCUT2D eigenvalue weighted by molar-refractivity contribution is -0.180. The van der Waals surface area contributed by atoms with Crippen LogP contribution < -0.4 is 4.74 Å². The van der Waals surface area contributed by atoms with Crippen LogP contribution in [0.1, 0.15) is 36.3 Å². The third kappa shape index (κ3) is 4.67. The molecule has 1 aliphatic rings. The molecule has 0 N–H and O–H groups in total. The zero-order chi connectivity index (χ0) is 21.1. The molecule has 0 unspecified atom stereocenters. The van der Waals surface area contributed by atoms with Crippen LogP contribution in [0.5, 0.6) is 5.88 Å². The van der Waals surface area contributed by atoms with Gasteiger partial charge in [-0.1, -0.05) is 0 Å². The molecule has 3 rings (SSSR count). The molecule has 29 heavy (non-hydrogen) atoms. The lowest BCUT2D eigenvalue weighted by Crippen LogP contribution is -2.36. The molecule has 1 aromatic heterocycles. The first-order chi connectivity index (χ1) is 13.8. The molecule has 0 bridgehead atoms. The van der Waals surface area contributed by atoms with Crippen molar-refractivity contribution in [1.82, 2.24) is 4.98 Å². The molecule has 2 atom stereocenters. The average molecular weight is 413 g/mol. The number of esters is 1. The number of carbonyl (C=O) groups is 1. The van der Waals surface area contributed by atoms with Crippen molar-refractivity contribution in [3.63, 3.8) is 0 Å². The highest BCUT2D eigenvalue weighted by Crippen LogP contribution is 2.37. The van der Waals surface area contributed by atoms with Gasteiger partial charge in [0.2, 0.25) is 5.88 Å². The summed E-state index contributed by atoms with van der Waals surface area (Å²) in [5.41, 5.74) is 0.724. The Morgan fingerprint density at radius 3 is 2.69 bits per heavy atom. The standard InChI is InChI=1S/C20H19F4NO4/c1-3-27-19(26)16-9-14(12-5-4-11(21)8-15(12)22)13-6-7-17(29-18(13)25-16)10(2)28-20(23)24/h4-5,8-10,17,20H,3,6-7H2,1-2H3/t10-,17+/m1/s1. The minimum absolute atomic E-state index is 0.00949. The van der Waals surface area contributed by atoms with Crippen LogP contribution in [0.15, 0.2) is 24.3 Å². The van der Waals surface area contributed by atoms with Crippen molar-refractivity contribution >= 4 is 5.97 Å². The summed E-state index contributed by atoms with van der Waals surface area (Å²) < 4.78 is 68.0. The van der Waals surface area contributed by atoms with Crippen LogP contribution >= 0.6 is 0 Å². The lowest BCUT2D eigenvalue weighted by Gasteiger charge is -2.30. The number of hydrogen-bond donors (Lipinski definition) is 0. The van der Waals surface area contributed by atoms with Gasteiger partial charge >= 0.3 is 12.6 Å². The molecule has 0 saturated carbocycles. The number of halogens is 4. The van der Waals surface area contributed by atoms with E-state index in [9.17, 15) is 22.4 Å². The van der Waals surface area contributed by atoms with Gasteiger partial charge in [0, 0.05) is 17.2 Å². The molecule has 0 amide bonds. The highest BCUT2D eigenvalue weighted by molar-refractivity contribution is 5.90. The van der Waals surface area contributed by atoms with Gasteiger partial charge in [-0.05, 0) is 50.5 Å². The molecule has 1 aliphatic heterocycles. The van der Waals surface area contributed by atoms with E-state index in [0.717, 1.165) is 12.1 Å². The first-order valence-corrected chi connectivity index (χ1v) is 9.06. The number of carbonyl (C=O) groups excluding carboxylic acids is 1. The Labute approximate surface area is 164 Å². The van der Waals surface area contributed by atoms with Gasteiger partial charge in [-0.3, -0.25) is 0 Å². The molecular formula is C20H19F4NO4. The van der Waals surface area contributed by atoms with Crippen molar-refractivity contribution < 1.29 is 36.6 Å². The molecule has 1 aromatic carbocycles. The predicted molar refractivity (Wildman–Crippen MR) is 94.8 cm³/mol.